The number of likely N-dealkylation sites (tertiary alicyclic amines) is 1. The van der Waals surface area contributed by atoms with Gasteiger partial charge in [0.2, 0.25) is 5.56 Å². The second-order valence-corrected chi connectivity index (χ2v) is 4.54. The number of nitrogens with zero attached hydrogens (tertiary/aromatic N) is 1. The van der Waals surface area contributed by atoms with Crippen LogP contribution in [0.25, 0.3) is 0 Å². The van der Waals surface area contributed by atoms with Crippen LogP contribution < -0.4 is 5.56 Å². The Bertz CT molecular complexity index is 537. The minimum atomic E-state index is -0.313. The van der Waals surface area contributed by atoms with Crippen molar-refractivity contribution >= 4 is 11.9 Å². The van der Waals surface area contributed by atoms with E-state index < -0.39 is 0 Å². The molecule has 0 radical (unpaired) electrons. The fourth-order valence-electron chi connectivity index (χ4n) is 2.26. The van der Waals surface area contributed by atoms with Crippen molar-refractivity contribution in [3.8, 4) is 0 Å². The van der Waals surface area contributed by atoms with E-state index in [4.69, 9.17) is 4.74 Å². The number of pyridine rings is 1. The molecule has 6 heteroatoms. The maximum absolute atomic E-state index is 12.2. The van der Waals surface area contributed by atoms with Crippen LogP contribution in [0.2, 0.25) is 0 Å². The van der Waals surface area contributed by atoms with Gasteiger partial charge in [-0.15, -0.1) is 0 Å². The Labute approximate surface area is 110 Å². The molecule has 2 heterocycles. The second kappa shape index (κ2) is 5.69. The molecule has 1 unspecified atom stereocenters. The predicted octanol–water partition coefficient (Wildman–Crippen LogP) is 0.400. The Kier molecular flexibility index (Phi) is 3.99. The molecule has 1 aliphatic rings. The maximum atomic E-state index is 12.2. The average molecular weight is 264 g/mol. The van der Waals surface area contributed by atoms with E-state index in [0.717, 1.165) is 12.8 Å². The average Bonchev–Trinajstić information content (AvgIpc) is 2.45. The van der Waals surface area contributed by atoms with Crippen molar-refractivity contribution in [2.24, 2.45) is 5.92 Å². The molecule has 1 atom stereocenters. The van der Waals surface area contributed by atoms with Crippen molar-refractivity contribution in [1.82, 2.24) is 9.88 Å². The lowest BCUT2D eigenvalue weighted by molar-refractivity contribution is -0.146. The fourth-order valence-corrected chi connectivity index (χ4v) is 2.26. The number of hydrogen-bond acceptors (Lipinski definition) is 4. The molecule has 1 fully saturated rings. The molecule has 1 aromatic heterocycles. The van der Waals surface area contributed by atoms with Gasteiger partial charge in [0, 0.05) is 19.2 Å². The molecule has 0 aromatic carbocycles. The Morgan fingerprint density at radius 3 is 2.89 bits per heavy atom. The standard InChI is InChI=1S/C13H16N2O4/c1-19-13(18)9-4-3-7-15(8-9)12(17)10-5-2-6-11(16)14-10/h2,5-6,9H,3-4,7-8H2,1H3,(H,14,16). The zero-order chi connectivity index (χ0) is 13.8. The number of aromatic nitrogens is 1. The highest BCUT2D eigenvalue weighted by molar-refractivity contribution is 5.92. The van der Waals surface area contributed by atoms with Crippen LogP contribution in [0.1, 0.15) is 23.3 Å². The van der Waals surface area contributed by atoms with E-state index in [1.807, 2.05) is 0 Å². The van der Waals surface area contributed by atoms with Crippen molar-refractivity contribution in [3.63, 3.8) is 0 Å². The van der Waals surface area contributed by atoms with Gasteiger partial charge in [-0.2, -0.15) is 0 Å². The number of aromatic amines is 1. The molecule has 1 aromatic rings. The molecular weight excluding hydrogens is 248 g/mol. The molecule has 1 aliphatic heterocycles. The summed E-state index contributed by atoms with van der Waals surface area (Å²) in [5, 5.41) is 0. The second-order valence-electron chi connectivity index (χ2n) is 4.54. The van der Waals surface area contributed by atoms with Gasteiger partial charge < -0.3 is 14.6 Å². The predicted molar refractivity (Wildman–Crippen MR) is 67.7 cm³/mol. The molecule has 19 heavy (non-hydrogen) atoms. The largest absolute Gasteiger partial charge is 0.469 e. The van der Waals surface area contributed by atoms with E-state index >= 15 is 0 Å². The lowest BCUT2D eigenvalue weighted by Gasteiger charge is -2.31. The van der Waals surface area contributed by atoms with Crippen LogP contribution >= 0.6 is 0 Å². The normalized spacial score (nSPS) is 19.0. The number of amides is 1. The number of hydrogen-bond donors (Lipinski definition) is 1. The first kappa shape index (κ1) is 13.3. The Hall–Kier alpha value is -2.11. The number of carbonyl (C=O) groups is 2. The van der Waals surface area contributed by atoms with Gasteiger partial charge in [0.05, 0.1) is 13.0 Å². The van der Waals surface area contributed by atoms with Crippen LogP contribution in [-0.4, -0.2) is 42.0 Å². The first-order valence-electron chi connectivity index (χ1n) is 6.18. The van der Waals surface area contributed by atoms with Gasteiger partial charge >= 0.3 is 5.97 Å². The highest BCUT2D eigenvalue weighted by atomic mass is 16.5. The number of rotatable bonds is 2. The third kappa shape index (κ3) is 3.01. The lowest BCUT2D eigenvalue weighted by atomic mass is 9.98. The first-order chi connectivity index (χ1) is 9.11. The summed E-state index contributed by atoms with van der Waals surface area (Å²) in [6.45, 7) is 0.922. The van der Waals surface area contributed by atoms with Crippen LogP contribution in [0.5, 0.6) is 0 Å². The number of ether oxygens (including phenoxy) is 1. The molecule has 102 valence electrons. The van der Waals surface area contributed by atoms with Crippen LogP contribution in [0.3, 0.4) is 0 Å². The Balaban J connectivity index is 2.11. The van der Waals surface area contributed by atoms with Crippen LogP contribution in [0.15, 0.2) is 23.0 Å². The number of carbonyl (C=O) groups excluding carboxylic acids is 2. The van der Waals surface area contributed by atoms with Gasteiger partial charge in [0.25, 0.3) is 5.91 Å². The first-order valence-corrected chi connectivity index (χ1v) is 6.18. The molecule has 0 bridgehead atoms. The molecule has 1 saturated heterocycles. The van der Waals surface area contributed by atoms with E-state index in [2.05, 4.69) is 4.98 Å². The molecule has 2 rings (SSSR count). The van der Waals surface area contributed by atoms with E-state index in [9.17, 15) is 14.4 Å². The van der Waals surface area contributed by atoms with Crippen LogP contribution in [0, 0.1) is 5.92 Å². The van der Waals surface area contributed by atoms with Gasteiger partial charge in [-0.25, -0.2) is 0 Å². The maximum Gasteiger partial charge on any atom is 0.310 e. The zero-order valence-corrected chi connectivity index (χ0v) is 10.7. The number of piperidine rings is 1. The SMILES string of the molecule is COC(=O)C1CCCN(C(=O)c2cccc(=O)[nH]2)C1. The zero-order valence-electron chi connectivity index (χ0n) is 10.7. The molecule has 1 amide bonds. The van der Waals surface area contributed by atoms with Gasteiger partial charge in [-0.3, -0.25) is 14.4 Å². The third-order valence-electron chi connectivity index (χ3n) is 3.24. The summed E-state index contributed by atoms with van der Waals surface area (Å²) in [5.41, 5.74) is -0.0645. The number of methoxy groups -OCH3 is 1. The number of esters is 1. The summed E-state index contributed by atoms with van der Waals surface area (Å²) < 4.78 is 4.71. The van der Waals surface area contributed by atoms with Gasteiger partial charge in [-0.05, 0) is 18.9 Å². The van der Waals surface area contributed by atoms with Gasteiger partial charge in [-0.1, -0.05) is 6.07 Å². The smallest absolute Gasteiger partial charge is 0.310 e. The van der Waals surface area contributed by atoms with Gasteiger partial charge in [0.1, 0.15) is 5.69 Å². The Morgan fingerprint density at radius 2 is 2.21 bits per heavy atom. The number of H-pyrrole nitrogens is 1. The third-order valence-corrected chi connectivity index (χ3v) is 3.24. The molecule has 0 saturated carbocycles. The van der Waals surface area contributed by atoms with Gasteiger partial charge in [0.15, 0.2) is 0 Å². The summed E-state index contributed by atoms with van der Waals surface area (Å²) in [7, 11) is 1.35. The van der Waals surface area contributed by atoms with Crippen molar-refractivity contribution in [1.29, 1.82) is 0 Å². The molecule has 1 N–H and O–H groups in total. The highest BCUT2D eigenvalue weighted by Gasteiger charge is 2.29. The summed E-state index contributed by atoms with van der Waals surface area (Å²) >= 11 is 0. The van der Waals surface area contributed by atoms with E-state index in [0.29, 0.717) is 13.1 Å². The molecule has 0 aliphatic carbocycles. The van der Waals surface area contributed by atoms with E-state index in [1.165, 1.54) is 19.2 Å². The summed E-state index contributed by atoms with van der Waals surface area (Å²) in [6, 6.07) is 4.45. The molecular formula is C13H16N2O4. The van der Waals surface area contributed by atoms with Crippen LogP contribution in [0.4, 0.5) is 0 Å². The highest BCUT2D eigenvalue weighted by Crippen LogP contribution is 2.18. The van der Waals surface area contributed by atoms with Crippen molar-refractivity contribution in [2.45, 2.75) is 12.8 Å². The minimum Gasteiger partial charge on any atom is -0.469 e. The fraction of sp³-hybridized carbons (Fsp3) is 0.462. The quantitative estimate of drug-likeness (QED) is 0.784. The van der Waals surface area contributed by atoms with E-state index in [-0.39, 0.29) is 29.0 Å². The lowest BCUT2D eigenvalue weighted by Crippen LogP contribution is -2.43. The Morgan fingerprint density at radius 1 is 1.42 bits per heavy atom. The number of nitrogens with one attached hydrogen (secondary N) is 1. The summed E-state index contributed by atoms with van der Waals surface area (Å²) in [4.78, 5) is 39.0. The molecule has 6 nitrogen and oxygen atoms in total. The van der Waals surface area contributed by atoms with Crippen LogP contribution in [-0.2, 0) is 9.53 Å². The minimum absolute atomic E-state index is 0.248. The monoisotopic (exact) mass is 264 g/mol. The topological polar surface area (TPSA) is 79.5 Å². The summed E-state index contributed by atoms with van der Waals surface area (Å²) in [5.74, 6) is -0.830. The van der Waals surface area contributed by atoms with Crippen molar-refractivity contribution in [3.05, 3.63) is 34.2 Å². The van der Waals surface area contributed by atoms with E-state index in [1.54, 1.807) is 11.0 Å². The summed E-state index contributed by atoms with van der Waals surface area (Å²) in [6.07, 6.45) is 1.48. The van der Waals surface area contributed by atoms with Crippen molar-refractivity contribution < 1.29 is 14.3 Å². The molecule has 0 spiro atoms. The van der Waals surface area contributed by atoms with Crippen molar-refractivity contribution in [2.75, 3.05) is 20.2 Å².